The summed E-state index contributed by atoms with van der Waals surface area (Å²) in [6.07, 6.45) is 1.79. The predicted octanol–water partition coefficient (Wildman–Crippen LogP) is 4.78. The van der Waals surface area contributed by atoms with Crippen LogP contribution in [0.25, 0.3) is 0 Å². The van der Waals surface area contributed by atoms with Crippen molar-refractivity contribution in [2.24, 2.45) is 0 Å². The summed E-state index contributed by atoms with van der Waals surface area (Å²) in [5.41, 5.74) is 2.23. The molecule has 0 radical (unpaired) electrons. The van der Waals surface area contributed by atoms with Crippen molar-refractivity contribution in [3.63, 3.8) is 0 Å². The molecule has 0 aliphatic heterocycles. The number of halogens is 1. The van der Waals surface area contributed by atoms with Crippen molar-refractivity contribution in [3.8, 4) is 5.75 Å². The van der Waals surface area contributed by atoms with E-state index in [1.54, 1.807) is 36.2 Å². The number of hydrogen-bond acceptors (Lipinski definition) is 5. The first-order chi connectivity index (χ1) is 19.1. The normalized spacial score (nSPS) is 11.9. The number of sulfonamides is 1. The molecule has 1 atom stereocenters. The number of nitrogens with zero attached hydrogens (tertiary/aromatic N) is 2. The van der Waals surface area contributed by atoms with Crippen LogP contribution in [0.15, 0.2) is 83.3 Å². The number of anilines is 1. The van der Waals surface area contributed by atoms with Gasteiger partial charge in [0.15, 0.2) is 0 Å². The van der Waals surface area contributed by atoms with Crippen molar-refractivity contribution in [3.05, 3.63) is 94.5 Å². The molecular formula is C30H36BrN3O5S. The Bertz CT molecular complexity index is 1380. The summed E-state index contributed by atoms with van der Waals surface area (Å²) < 4.78 is 33.2. The molecule has 0 aliphatic rings. The van der Waals surface area contributed by atoms with Gasteiger partial charge in [-0.15, -0.1) is 0 Å². The van der Waals surface area contributed by atoms with Gasteiger partial charge in [0.1, 0.15) is 11.8 Å². The summed E-state index contributed by atoms with van der Waals surface area (Å²) in [5, 5.41) is 2.71. The smallest absolute Gasteiger partial charge is 0.242 e. The number of nitrogens with one attached hydrogen (secondary N) is 1. The molecule has 0 aliphatic carbocycles. The first kappa shape index (κ1) is 31.2. The third-order valence-corrected chi connectivity index (χ3v) is 8.02. The maximum Gasteiger partial charge on any atom is 0.242 e. The van der Waals surface area contributed by atoms with Crippen molar-refractivity contribution in [1.82, 2.24) is 10.2 Å². The Hall–Kier alpha value is -3.37. The SMILES string of the molecule is CCOc1ccccc1N(CCCC(=O)N(Cc1cccc(Br)c1)[C@@H](Cc1ccccc1)C(=O)NC)S(C)(=O)=O. The van der Waals surface area contributed by atoms with Crippen LogP contribution in [0.5, 0.6) is 5.75 Å². The van der Waals surface area contributed by atoms with Gasteiger partial charge in [-0.25, -0.2) is 8.42 Å². The van der Waals surface area contributed by atoms with Crippen LogP contribution in [-0.4, -0.2) is 57.6 Å². The Morgan fingerprint density at radius 3 is 2.30 bits per heavy atom. The first-order valence-electron chi connectivity index (χ1n) is 13.1. The number of para-hydroxylation sites is 2. The second-order valence-electron chi connectivity index (χ2n) is 9.31. The molecule has 0 bridgehead atoms. The van der Waals surface area contributed by atoms with Gasteiger partial charge in [0.05, 0.1) is 18.6 Å². The lowest BCUT2D eigenvalue weighted by molar-refractivity contribution is -0.141. The highest BCUT2D eigenvalue weighted by Gasteiger charge is 2.30. The zero-order valence-corrected chi connectivity index (χ0v) is 25.4. The lowest BCUT2D eigenvalue weighted by Crippen LogP contribution is -2.49. The molecule has 40 heavy (non-hydrogen) atoms. The Morgan fingerprint density at radius 1 is 0.975 bits per heavy atom. The number of ether oxygens (including phenoxy) is 1. The summed E-state index contributed by atoms with van der Waals surface area (Å²) in [5.74, 6) is -0.0489. The number of carbonyl (C=O) groups is 2. The molecule has 3 rings (SSSR count). The van der Waals surface area contributed by atoms with Crippen molar-refractivity contribution in [2.75, 3.05) is 30.8 Å². The Labute approximate surface area is 245 Å². The van der Waals surface area contributed by atoms with Crippen molar-refractivity contribution >= 4 is 43.5 Å². The van der Waals surface area contributed by atoms with E-state index in [0.29, 0.717) is 24.5 Å². The quantitative estimate of drug-likeness (QED) is 0.277. The molecule has 214 valence electrons. The highest BCUT2D eigenvalue weighted by Crippen LogP contribution is 2.30. The topological polar surface area (TPSA) is 96.0 Å². The highest BCUT2D eigenvalue weighted by atomic mass is 79.9. The van der Waals surface area contributed by atoms with E-state index in [-0.39, 0.29) is 37.7 Å². The van der Waals surface area contributed by atoms with Crippen LogP contribution < -0.4 is 14.4 Å². The van der Waals surface area contributed by atoms with Gasteiger partial charge in [-0.1, -0.05) is 70.5 Å². The van der Waals surface area contributed by atoms with Gasteiger partial charge in [-0.05, 0) is 48.7 Å². The van der Waals surface area contributed by atoms with Crippen molar-refractivity contribution in [2.45, 2.75) is 38.8 Å². The second-order valence-corrected chi connectivity index (χ2v) is 12.1. The molecular weight excluding hydrogens is 594 g/mol. The molecule has 0 saturated carbocycles. The number of amides is 2. The van der Waals surface area contributed by atoms with Gasteiger partial charge >= 0.3 is 0 Å². The van der Waals surface area contributed by atoms with E-state index in [2.05, 4.69) is 21.2 Å². The first-order valence-corrected chi connectivity index (χ1v) is 15.8. The van der Waals surface area contributed by atoms with Gasteiger partial charge in [-0.2, -0.15) is 0 Å². The van der Waals surface area contributed by atoms with E-state index in [4.69, 9.17) is 4.74 Å². The fourth-order valence-corrected chi connectivity index (χ4v) is 5.89. The summed E-state index contributed by atoms with van der Waals surface area (Å²) in [6, 6.07) is 23.4. The molecule has 8 nitrogen and oxygen atoms in total. The molecule has 2 amide bonds. The predicted molar refractivity (Wildman–Crippen MR) is 162 cm³/mol. The molecule has 0 spiro atoms. The number of carbonyl (C=O) groups excluding carboxylic acids is 2. The zero-order chi connectivity index (χ0) is 29.1. The Morgan fingerprint density at radius 2 is 1.65 bits per heavy atom. The summed E-state index contributed by atoms with van der Waals surface area (Å²) in [6.45, 7) is 2.53. The third-order valence-electron chi connectivity index (χ3n) is 6.35. The van der Waals surface area contributed by atoms with E-state index in [9.17, 15) is 18.0 Å². The van der Waals surface area contributed by atoms with Crippen molar-refractivity contribution in [1.29, 1.82) is 0 Å². The van der Waals surface area contributed by atoms with E-state index < -0.39 is 16.1 Å². The van der Waals surface area contributed by atoms with E-state index in [1.807, 2.05) is 61.5 Å². The lowest BCUT2D eigenvalue weighted by Gasteiger charge is -2.31. The van der Waals surface area contributed by atoms with Gasteiger partial charge in [0, 0.05) is 37.5 Å². The second kappa shape index (κ2) is 14.9. The number of likely N-dealkylation sites (N-methyl/N-ethyl adjacent to an activating group) is 1. The number of benzene rings is 3. The number of hydrogen-bond donors (Lipinski definition) is 1. The molecule has 1 N–H and O–H groups in total. The van der Waals surface area contributed by atoms with Crippen LogP contribution in [0.4, 0.5) is 5.69 Å². The average molecular weight is 631 g/mol. The maximum atomic E-state index is 13.8. The standard InChI is InChI=1S/C30H36BrN3O5S/c1-4-39-28-17-9-8-16-26(28)34(40(3,37)38)19-11-18-29(35)33(22-24-14-10-15-25(31)20-24)27(30(36)32-2)21-23-12-6-5-7-13-23/h5-10,12-17,20,27H,4,11,18-19,21-22H2,1-3H3,(H,32,36)/t27-/m0/s1. The highest BCUT2D eigenvalue weighted by molar-refractivity contribution is 9.10. The minimum Gasteiger partial charge on any atom is -0.492 e. The summed E-state index contributed by atoms with van der Waals surface area (Å²) >= 11 is 3.48. The fraction of sp³-hybridized carbons (Fsp3) is 0.333. The largest absolute Gasteiger partial charge is 0.492 e. The lowest BCUT2D eigenvalue weighted by atomic mass is 10.0. The molecule has 0 aromatic heterocycles. The molecule has 0 heterocycles. The summed E-state index contributed by atoms with van der Waals surface area (Å²) in [7, 11) is -2.09. The Kier molecular flexibility index (Phi) is 11.6. The van der Waals surface area contributed by atoms with Gasteiger partial charge in [0.2, 0.25) is 21.8 Å². The van der Waals surface area contributed by atoms with Gasteiger partial charge in [-0.3, -0.25) is 13.9 Å². The fourth-order valence-electron chi connectivity index (χ4n) is 4.48. The molecule has 3 aromatic rings. The minimum absolute atomic E-state index is 0.0547. The van der Waals surface area contributed by atoms with Crippen LogP contribution in [-0.2, 0) is 32.6 Å². The molecule has 3 aromatic carbocycles. The molecule has 0 fully saturated rings. The average Bonchev–Trinajstić information content (AvgIpc) is 2.93. The van der Waals surface area contributed by atoms with Gasteiger partial charge < -0.3 is 15.0 Å². The van der Waals surface area contributed by atoms with Crippen LogP contribution in [0.1, 0.15) is 30.9 Å². The maximum absolute atomic E-state index is 13.8. The third kappa shape index (κ3) is 8.82. The number of rotatable bonds is 14. The molecule has 10 heteroatoms. The molecule has 0 saturated heterocycles. The van der Waals surface area contributed by atoms with E-state index in [0.717, 1.165) is 21.9 Å². The van der Waals surface area contributed by atoms with Crippen LogP contribution >= 0.6 is 15.9 Å². The van der Waals surface area contributed by atoms with Crippen molar-refractivity contribution < 1.29 is 22.7 Å². The zero-order valence-electron chi connectivity index (χ0n) is 23.0. The van der Waals surface area contributed by atoms with E-state index >= 15 is 0 Å². The van der Waals surface area contributed by atoms with Crippen LogP contribution in [0.3, 0.4) is 0 Å². The Balaban J connectivity index is 1.86. The van der Waals surface area contributed by atoms with Gasteiger partial charge in [0.25, 0.3) is 0 Å². The minimum atomic E-state index is -3.65. The van der Waals surface area contributed by atoms with E-state index in [1.165, 1.54) is 4.31 Å². The van der Waals surface area contributed by atoms with Crippen LogP contribution in [0.2, 0.25) is 0 Å². The molecule has 0 unspecified atom stereocenters. The monoisotopic (exact) mass is 629 g/mol. The van der Waals surface area contributed by atoms with Crippen LogP contribution in [0, 0.1) is 0 Å². The summed E-state index contributed by atoms with van der Waals surface area (Å²) in [4.78, 5) is 28.5.